The average molecular weight is 429 g/mol. The molecule has 1 aliphatic carbocycles. The van der Waals surface area contributed by atoms with Crippen molar-refractivity contribution in [2.24, 2.45) is 7.05 Å². The van der Waals surface area contributed by atoms with E-state index in [0.717, 1.165) is 40.2 Å². The maximum absolute atomic E-state index is 12.5. The number of carbonyl (C=O) groups excluding carboxylic acids is 1. The molecule has 0 bridgehead atoms. The summed E-state index contributed by atoms with van der Waals surface area (Å²) in [6.07, 6.45) is 4.36. The fourth-order valence-corrected chi connectivity index (χ4v) is 4.21. The first kappa shape index (κ1) is 20.1. The van der Waals surface area contributed by atoms with Crippen LogP contribution in [0.15, 0.2) is 60.9 Å². The number of rotatable bonds is 6. The van der Waals surface area contributed by atoms with Gasteiger partial charge in [-0.2, -0.15) is 5.10 Å². The van der Waals surface area contributed by atoms with Crippen molar-refractivity contribution in [3.63, 3.8) is 0 Å². The van der Waals surface area contributed by atoms with E-state index < -0.39 is 5.97 Å². The zero-order valence-corrected chi connectivity index (χ0v) is 17.8. The van der Waals surface area contributed by atoms with Crippen molar-refractivity contribution in [1.82, 2.24) is 24.8 Å². The van der Waals surface area contributed by atoms with Gasteiger partial charge in [-0.15, -0.1) is 5.10 Å². The summed E-state index contributed by atoms with van der Waals surface area (Å²) in [7, 11) is 3.22. The molecule has 0 radical (unpaired) electrons. The van der Waals surface area contributed by atoms with Crippen LogP contribution in [-0.2, 0) is 18.4 Å². The first-order valence-electron chi connectivity index (χ1n) is 10.4. The summed E-state index contributed by atoms with van der Waals surface area (Å²) in [5, 5.41) is 22.3. The molecular weight excluding hydrogens is 406 g/mol. The number of nitrogens with zero attached hydrogens (tertiary/aromatic N) is 5. The van der Waals surface area contributed by atoms with Crippen LogP contribution < -0.4 is 0 Å². The number of hydrogen-bond donors (Lipinski definition) is 1. The number of aliphatic hydroxyl groups is 1. The number of carbonyl (C=O) groups is 1. The van der Waals surface area contributed by atoms with Crippen LogP contribution in [-0.4, -0.2) is 43.0 Å². The maximum atomic E-state index is 12.5. The fourth-order valence-electron chi connectivity index (χ4n) is 4.21. The van der Waals surface area contributed by atoms with Crippen LogP contribution in [0.1, 0.15) is 45.6 Å². The lowest BCUT2D eigenvalue weighted by atomic mass is 10.0. The van der Waals surface area contributed by atoms with Gasteiger partial charge in [0.05, 0.1) is 37.0 Å². The van der Waals surface area contributed by atoms with Crippen LogP contribution in [0.25, 0.3) is 16.8 Å². The number of aromatic nitrogens is 5. The first-order chi connectivity index (χ1) is 15.6. The van der Waals surface area contributed by atoms with E-state index in [1.165, 1.54) is 7.11 Å². The van der Waals surface area contributed by atoms with Gasteiger partial charge in [-0.3, -0.25) is 4.68 Å². The van der Waals surface area contributed by atoms with Gasteiger partial charge in [0.15, 0.2) is 0 Å². The quantitative estimate of drug-likeness (QED) is 0.473. The van der Waals surface area contributed by atoms with E-state index in [2.05, 4.69) is 15.4 Å². The lowest BCUT2D eigenvalue weighted by Gasteiger charge is -2.11. The lowest BCUT2D eigenvalue weighted by molar-refractivity contribution is 0.0599. The van der Waals surface area contributed by atoms with E-state index in [9.17, 15) is 9.90 Å². The Bertz CT molecular complexity index is 1290. The molecule has 4 aromatic rings. The Morgan fingerprint density at radius 3 is 2.66 bits per heavy atom. The second kappa shape index (κ2) is 8.05. The van der Waals surface area contributed by atoms with Gasteiger partial charge in [0, 0.05) is 25.1 Å². The highest BCUT2D eigenvalue weighted by Crippen LogP contribution is 2.55. The summed E-state index contributed by atoms with van der Waals surface area (Å²) in [4.78, 5) is 12.5. The van der Waals surface area contributed by atoms with Gasteiger partial charge in [-0.25, -0.2) is 9.48 Å². The van der Waals surface area contributed by atoms with Crippen LogP contribution in [0.5, 0.6) is 0 Å². The SMILES string of the molecule is COC(=O)c1cnn(-c2cccc(-c3cccc(CO)c3)c2)c1C1CC1c1cn(C)nn1. The minimum absolute atomic E-state index is 0.00916. The van der Waals surface area contributed by atoms with Crippen LogP contribution >= 0.6 is 0 Å². The molecule has 1 aliphatic rings. The van der Waals surface area contributed by atoms with Gasteiger partial charge >= 0.3 is 5.97 Å². The van der Waals surface area contributed by atoms with Gasteiger partial charge < -0.3 is 9.84 Å². The molecule has 32 heavy (non-hydrogen) atoms. The molecule has 0 amide bonds. The van der Waals surface area contributed by atoms with E-state index in [-0.39, 0.29) is 18.4 Å². The molecule has 2 heterocycles. The number of benzene rings is 2. The number of esters is 1. The summed E-state index contributed by atoms with van der Waals surface area (Å²) < 4.78 is 8.53. The maximum Gasteiger partial charge on any atom is 0.341 e. The highest BCUT2D eigenvalue weighted by atomic mass is 16.5. The molecule has 162 valence electrons. The van der Waals surface area contributed by atoms with Crippen molar-refractivity contribution in [3.05, 3.63) is 83.4 Å². The molecule has 8 heteroatoms. The number of hydrogen-bond acceptors (Lipinski definition) is 6. The fraction of sp³-hybridized carbons (Fsp3) is 0.250. The minimum Gasteiger partial charge on any atom is -0.465 e. The van der Waals surface area contributed by atoms with Gasteiger partial charge in [0.25, 0.3) is 0 Å². The molecule has 1 saturated carbocycles. The third kappa shape index (κ3) is 3.58. The number of ether oxygens (including phenoxy) is 1. The summed E-state index contributed by atoms with van der Waals surface area (Å²) in [6, 6.07) is 15.8. The van der Waals surface area contributed by atoms with Crippen LogP contribution in [0.3, 0.4) is 0 Å². The van der Waals surface area contributed by atoms with E-state index in [0.29, 0.717) is 5.56 Å². The van der Waals surface area contributed by atoms with Crippen molar-refractivity contribution in [3.8, 4) is 16.8 Å². The number of aliphatic hydroxyl groups excluding tert-OH is 1. The lowest BCUT2D eigenvalue weighted by Crippen LogP contribution is -2.08. The molecule has 8 nitrogen and oxygen atoms in total. The second-order valence-electron chi connectivity index (χ2n) is 8.02. The Balaban J connectivity index is 1.56. The standard InChI is InChI=1S/C24H23N5O3/c1-28-13-22(26-27-28)19-11-20(19)23-21(24(31)32-2)12-25-29(23)18-8-4-7-17(10-18)16-6-3-5-15(9-16)14-30/h3-10,12-13,19-20,30H,11,14H2,1-2H3. The van der Waals surface area contributed by atoms with Crippen molar-refractivity contribution in [1.29, 1.82) is 0 Å². The van der Waals surface area contributed by atoms with Crippen molar-refractivity contribution >= 4 is 5.97 Å². The summed E-state index contributed by atoms with van der Waals surface area (Å²) in [5.41, 5.74) is 5.92. The molecule has 5 rings (SSSR count). The molecule has 0 saturated heterocycles. The molecule has 2 atom stereocenters. The summed E-state index contributed by atoms with van der Waals surface area (Å²) in [5.74, 6) is -0.112. The average Bonchev–Trinajstić information content (AvgIpc) is 3.28. The molecule has 2 aromatic carbocycles. The van der Waals surface area contributed by atoms with E-state index in [1.807, 2.05) is 66.5 Å². The monoisotopic (exact) mass is 429 g/mol. The topological polar surface area (TPSA) is 95.1 Å². The zero-order chi connectivity index (χ0) is 22.2. The molecule has 1 N–H and O–H groups in total. The Morgan fingerprint density at radius 1 is 1.16 bits per heavy atom. The molecule has 2 aromatic heterocycles. The molecule has 1 fully saturated rings. The van der Waals surface area contributed by atoms with Crippen LogP contribution in [0.2, 0.25) is 0 Å². The Kier molecular flexibility index (Phi) is 5.07. The Morgan fingerprint density at radius 2 is 1.94 bits per heavy atom. The van der Waals surface area contributed by atoms with Gasteiger partial charge in [0.2, 0.25) is 0 Å². The third-order valence-electron chi connectivity index (χ3n) is 5.89. The van der Waals surface area contributed by atoms with Crippen molar-refractivity contribution < 1.29 is 14.6 Å². The van der Waals surface area contributed by atoms with Crippen molar-refractivity contribution in [2.45, 2.75) is 24.9 Å². The number of aryl methyl sites for hydroxylation is 1. The summed E-state index contributed by atoms with van der Waals surface area (Å²) >= 11 is 0. The van der Waals surface area contributed by atoms with E-state index in [1.54, 1.807) is 10.9 Å². The van der Waals surface area contributed by atoms with E-state index >= 15 is 0 Å². The summed E-state index contributed by atoms with van der Waals surface area (Å²) in [6.45, 7) is -0.00916. The van der Waals surface area contributed by atoms with Crippen LogP contribution in [0, 0.1) is 0 Å². The Labute approximate surface area is 185 Å². The zero-order valence-electron chi connectivity index (χ0n) is 17.8. The first-order valence-corrected chi connectivity index (χ1v) is 10.4. The molecule has 2 unspecified atom stereocenters. The molecule has 0 spiro atoms. The predicted molar refractivity (Wildman–Crippen MR) is 117 cm³/mol. The predicted octanol–water partition coefficient (Wildman–Crippen LogP) is 3.22. The third-order valence-corrected chi connectivity index (χ3v) is 5.89. The molecule has 0 aliphatic heterocycles. The molecular formula is C24H23N5O3. The largest absolute Gasteiger partial charge is 0.465 e. The highest BCUT2D eigenvalue weighted by Gasteiger charge is 2.46. The normalized spacial score (nSPS) is 17.3. The van der Waals surface area contributed by atoms with Gasteiger partial charge in [-0.1, -0.05) is 35.5 Å². The number of methoxy groups -OCH3 is 1. The van der Waals surface area contributed by atoms with Crippen molar-refractivity contribution in [2.75, 3.05) is 7.11 Å². The second-order valence-corrected chi connectivity index (χ2v) is 8.02. The smallest absolute Gasteiger partial charge is 0.341 e. The van der Waals surface area contributed by atoms with Crippen LogP contribution in [0.4, 0.5) is 0 Å². The Hall–Kier alpha value is -3.78. The minimum atomic E-state index is -0.400. The van der Waals surface area contributed by atoms with Gasteiger partial charge in [0.1, 0.15) is 5.56 Å². The van der Waals surface area contributed by atoms with Gasteiger partial charge in [-0.05, 0) is 41.3 Å². The highest BCUT2D eigenvalue weighted by molar-refractivity contribution is 5.91. The van der Waals surface area contributed by atoms with E-state index in [4.69, 9.17) is 4.74 Å².